The summed E-state index contributed by atoms with van der Waals surface area (Å²) in [6.45, 7) is 16.6. The van der Waals surface area contributed by atoms with Gasteiger partial charge in [-0.2, -0.15) is 0 Å². The zero-order chi connectivity index (χ0) is 42.5. The highest BCUT2D eigenvalue weighted by molar-refractivity contribution is 8.76. The van der Waals surface area contributed by atoms with Gasteiger partial charge in [-0.05, 0) is 50.4 Å². The molecule has 0 aliphatic rings. The SMILES string of the molecule is CC(C)C[C@H](N)C(=O)N[C@H](C(=O)N[C@@H](C)C(=O)[C@](N)(CSSC[C@](N)(C(=O)O)C(=O)[C@H](C)NC(=O)[C@@H](NC(=O)[C@@H](N)CC(C)C)C(C)C)C(=O)O)C(C)C. The smallest absolute Gasteiger partial charge is 0.332 e. The minimum absolute atomic E-state index is 0.116. The van der Waals surface area contributed by atoms with Gasteiger partial charge < -0.3 is 54.4 Å². The van der Waals surface area contributed by atoms with Crippen molar-refractivity contribution in [2.24, 2.45) is 46.6 Å². The Bertz CT molecular complexity index is 1270. The molecule has 20 heteroatoms. The van der Waals surface area contributed by atoms with Crippen LogP contribution in [0.2, 0.25) is 0 Å². The molecule has 0 fully saturated rings. The molecule has 0 saturated carbocycles. The number of aliphatic carboxylic acids is 2. The second-order valence-electron chi connectivity index (χ2n) is 15.2. The van der Waals surface area contributed by atoms with Crippen molar-refractivity contribution in [2.75, 3.05) is 11.5 Å². The molecule has 0 aromatic heterocycles. The largest absolute Gasteiger partial charge is 0.480 e. The number of carboxylic acids is 2. The summed E-state index contributed by atoms with van der Waals surface area (Å²) < 4.78 is 0. The molecule has 310 valence electrons. The summed E-state index contributed by atoms with van der Waals surface area (Å²) in [6.07, 6.45) is 0.736. The van der Waals surface area contributed by atoms with Gasteiger partial charge in [0, 0.05) is 11.5 Å². The Kier molecular flexibility index (Phi) is 20.9. The monoisotopic (exact) mass is 806 g/mol. The van der Waals surface area contributed by atoms with Crippen molar-refractivity contribution in [3.05, 3.63) is 0 Å². The molecule has 0 saturated heterocycles. The van der Waals surface area contributed by atoms with Gasteiger partial charge in [-0.25, -0.2) is 9.59 Å². The highest BCUT2D eigenvalue weighted by Crippen LogP contribution is 2.30. The van der Waals surface area contributed by atoms with Crippen LogP contribution >= 0.6 is 21.6 Å². The van der Waals surface area contributed by atoms with Crippen LogP contribution in [0.4, 0.5) is 0 Å². The molecule has 0 aromatic carbocycles. The summed E-state index contributed by atoms with van der Waals surface area (Å²) >= 11 is 0. The van der Waals surface area contributed by atoms with Crippen LogP contribution in [0.15, 0.2) is 0 Å². The Morgan fingerprint density at radius 1 is 0.519 bits per heavy atom. The number of amides is 4. The van der Waals surface area contributed by atoms with E-state index < -0.39 is 118 Å². The molecule has 0 bridgehead atoms. The zero-order valence-electron chi connectivity index (χ0n) is 32.9. The highest BCUT2D eigenvalue weighted by atomic mass is 33.1. The average Bonchev–Trinajstić information content (AvgIpc) is 3.05. The lowest BCUT2D eigenvalue weighted by Gasteiger charge is -2.30. The number of ketones is 2. The minimum atomic E-state index is -2.58. The van der Waals surface area contributed by atoms with Gasteiger partial charge >= 0.3 is 11.9 Å². The summed E-state index contributed by atoms with van der Waals surface area (Å²) in [5, 5.41) is 29.8. The third-order valence-corrected chi connectivity index (χ3v) is 10.9. The first-order valence-corrected chi connectivity index (χ1v) is 20.2. The third kappa shape index (κ3) is 15.1. The molecule has 18 nitrogen and oxygen atoms in total. The van der Waals surface area contributed by atoms with Crippen molar-refractivity contribution in [1.29, 1.82) is 0 Å². The van der Waals surface area contributed by atoms with Crippen molar-refractivity contribution in [1.82, 2.24) is 21.3 Å². The van der Waals surface area contributed by atoms with Crippen molar-refractivity contribution in [3.63, 3.8) is 0 Å². The van der Waals surface area contributed by atoms with E-state index in [4.69, 9.17) is 22.9 Å². The van der Waals surface area contributed by atoms with Crippen molar-refractivity contribution >= 4 is 68.7 Å². The molecule has 0 aliphatic carbocycles. The fourth-order valence-electron chi connectivity index (χ4n) is 5.08. The first-order valence-electron chi connectivity index (χ1n) is 17.7. The number of hydrogen-bond donors (Lipinski definition) is 10. The number of nitrogens with two attached hydrogens (primary N) is 4. The Morgan fingerprint density at radius 2 is 0.796 bits per heavy atom. The lowest BCUT2D eigenvalue weighted by Crippen LogP contribution is -2.64. The fourth-order valence-corrected chi connectivity index (χ4v) is 7.76. The molecule has 54 heavy (non-hydrogen) atoms. The summed E-state index contributed by atoms with van der Waals surface area (Å²) in [5.41, 5.74) is 18.8. The predicted molar refractivity (Wildman–Crippen MR) is 208 cm³/mol. The van der Waals surface area contributed by atoms with E-state index >= 15 is 0 Å². The van der Waals surface area contributed by atoms with E-state index in [0.29, 0.717) is 34.4 Å². The number of carbonyl (C=O) groups is 8. The Morgan fingerprint density at radius 3 is 1.02 bits per heavy atom. The van der Waals surface area contributed by atoms with Gasteiger partial charge in [0.05, 0.1) is 24.2 Å². The molecular weight excluding hydrogens is 745 g/mol. The standard InChI is InChI=1S/C34H62N8O10S2/c1-15(2)11-21(35)27(45)41-23(17(5)6)29(47)39-19(9)25(43)33(37,31(49)50)13-53-54-14-34(38,32(51)52)26(44)20(10)40-30(48)24(18(7)8)42-28(46)22(36)12-16(3)4/h15-24H,11-14,35-38H2,1-10H3,(H,39,47)(H,40,48)(H,41,45)(H,42,46)(H,49,50)(H,51,52)/t19-,20-,21-,22-,23-,24-,33+,34+/m0/s1. The van der Waals surface area contributed by atoms with Crippen LogP contribution in [0.1, 0.15) is 82.1 Å². The normalized spacial score (nSPS) is 17.3. The van der Waals surface area contributed by atoms with Gasteiger partial charge in [0.25, 0.3) is 0 Å². The second kappa shape index (κ2) is 22.3. The van der Waals surface area contributed by atoms with Crippen LogP contribution in [-0.4, -0.2) is 116 Å². The summed E-state index contributed by atoms with van der Waals surface area (Å²) in [4.78, 5) is 103. The Balaban J connectivity index is 5.70. The molecule has 0 rings (SSSR count). The van der Waals surface area contributed by atoms with Gasteiger partial charge in [0.15, 0.2) is 22.6 Å². The van der Waals surface area contributed by atoms with Crippen LogP contribution in [0.25, 0.3) is 0 Å². The number of nitrogens with one attached hydrogen (secondary N) is 4. The topological polar surface area (TPSA) is 329 Å². The van der Waals surface area contributed by atoms with E-state index in [9.17, 15) is 48.6 Å². The summed E-state index contributed by atoms with van der Waals surface area (Å²) in [5.74, 6) is -10.2. The molecular formula is C34H62N8O10S2. The highest BCUT2D eigenvalue weighted by Gasteiger charge is 2.48. The van der Waals surface area contributed by atoms with Gasteiger partial charge in [0.2, 0.25) is 23.6 Å². The number of carbonyl (C=O) groups excluding carboxylic acids is 6. The maximum Gasteiger partial charge on any atom is 0.332 e. The van der Waals surface area contributed by atoms with Crippen molar-refractivity contribution in [3.8, 4) is 0 Å². The van der Waals surface area contributed by atoms with E-state index in [2.05, 4.69) is 21.3 Å². The van der Waals surface area contributed by atoms with Crippen LogP contribution in [-0.2, 0) is 38.4 Å². The number of Topliss-reactive ketones (excluding diaryl/α,β-unsaturated/α-hetero) is 2. The van der Waals surface area contributed by atoms with Gasteiger partial charge in [-0.15, -0.1) is 0 Å². The molecule has 0 aliphatic heterocycles. The molecule has 0 radical (unpaired) electrons. The molecule has 0 spiro atoms. The first-order chi connectivity index (χ1) is 24.6. The van der Waals surface area contributed by atoms with E-state index in [-0.39, 0.29) is 11.8 Å². The van der Waals surface area contributed by atoms with E-state index in [1.807, 2.05) is 27.7 Å². The van der Waals surface area contributed by atoms with Crippen LogP contribution < -0.4 is 44.2 Å². The van der Waals surface area contributed by atoms with Crippen molar-refractivity contribution in [2.45, 2.75) is 129 Å². The predicted octanol–water partition coefficient (Wildman–Crippen LogP) is -0.892. The van der Waals surface area contributed by atoms with Crippen LogP contribution in [0.5, 0.6) is 0 Å². The molecule has 8 atom stereocenters. The van der Waals surface area contributed by atoms with Crippen molar-refractivity contribution < 1.29 is 48.6 Å². The molecule has 4 amide bonds. The lowest BCUT2D eigenvalue weighted by atomic mass is 9.92. The Hall–Kier alpha value is -3.30. The minimum Gasteiger partial charge on any atom is -0.480 e. The average molecular weight is 807 g/mol. The van der Waals surface area contributed by atoms with Gasteiger partial charge in [0.1, 0.15) is 12.1 Å². The van der Waals surface area contributed by atoms with Crippen LogP contribution in [0, 0.1) is 23.7 Å². The van der Waals surface area contributed by atoms with E-state index in [1.165, 1.54) is 13.8 Å². The summed E-state index contributed by atoms with van der Waals surface area (Å²) in [7, 11) is 1.31. The second-order valence-corrected chi connectivity index (χ2v) is 17.7. The fraction of sp³-hybridized carbons (Fsp3) is 0.765. The number of rotatable bonds is 25. The maximum atomic E-state index is 13.3. The zero-order valence-corrected chi connectivity index (χ0v) is 34.5. The number of carboxylic acid groups (broad SMARTS) is 2. The molecule has 0 unspecified atom stereocenters. The number of hydrogen-bond acceptors (Lipinski definition) is 14. The molecule has 14 N–H and O–H groups in total. The lowest BCUT2D eigenvalue weighted by molar-refractivity contribution is -0.149. The van der Waals surface area contributed by atoms with Crippen LogP contribution in [0.3, 0.4) is 0 Å². The Labute approximate surface area is 325 Å². The van der Waals surface area contributed by atoms with E-state index in [1.54, 1.807) is 27.7 Å². The third-order valence-electron chi connectivity index (χ3n) is 8.42. The first kappa shape index (κ1) is 50.7. The van der Waals surface area contributed by atoms with Gasteiger partial charge in [-0.3, -0.25) is 28.8 Å². The quantitative estimate of drug-likeness (QED) is 0.0304. The molecule has 0 aromatic rings. The molecule has 0 heterocycles. The van der Waals surface area contributed by atoms with E-state index in [0.717, 1.165) is 0 Å². The van der Waals surface area contributed by atoms with Gasteiger partial charge in [-0.1, -0.05) is 77.0 Å². The maximum absolute atomic E-state index is 13.3. The summed E-state index contributed by atoms with van der Waals surface area (Å²) in [6, 6.07) is -6.83.